The summed E-state index contributed by atoms with van der Waals surface area (Å²) >= 11 is 0. The van der Waals surface area contributed by atoms with Crippen molar-refractivity contribution in [3.63, 3.8) is 0 Å². The monoisotopic (exact) mass is 259 g/mol. The summed E-state index contributed by atoms with van der Waals surface area (Å²) in [6.45, 7) is 4.26. The Kier molecular flexibility index (Phi) is 3.03. The van der Waals surface area contributed by atoms with E-state index in [0.717, 1.165) is 41.2 Å². The highest BCUT2D eigenvalue weighted by Crippen LogP contribution is 2.33. The second-order valence-electron chi connectivity index (χ2n) is 5.01. The lowest BCUT2D eigenvalue weighted by molar-refractivity contribution is 0.180. The number of aryl methyl sites for hydroxylation is 3. The Morgan fingerprint density at radius 3 is 3.00 bits per heavy atom. The smallest absolute Gasteiger partial charge is 0.140 e. The van der Waals surface area contributed by atoms with E-state index in [-0.39, 0.29) is 6.10 Å². The Bertz CT molecular complexity index is 584. The number of rotatable bonds is 3. The van der Waals surface area contributed by atoms with Gasteiger partial charge in [-0.15, -0.1) is 0 Å². The number of ether oxygens (including phenoxy) is 1. The van der Waals surface area contributed by atoms with Crippen LogP contribution in [0, 0.1) is 13.8 Å². The van der Waals surface area contributed by atoms with Crippen LogP contribution < -0.4 is 4.74 Å². The first-order chi connectivity index (χ1) is 9.15. The van der Waals surface area contributed by atoms with Crippen molar-refractivity contribution in [2.24, 2.45) is 0 Å². The van der Waals surface area contributed by atoms with E-state index in [9.17, 15) is 5.11 Å². The normalized spacial score (nSPS) is 17.5. The molecule has 1 unspecified atom stereocenters. The number of aromatic nitrogens is 1. The van der Waals surface area contributed by atoms with E-state index in [4.69, 9.17) is 9.26 Å². The molecule has 1 aromatic carbocycles. The lowest BCUT2D eigenvalue weighted by atomic mass is 10.1. The molecule has 1 aliphatic carbocycles. The molecule has 1 heterocycles. The summed E-state index contributed by atoms with van der Waals surface area (Å²) in [6.07, 6.45) is 1.41. The molecule has 100 valence electrons. The first-order valence-electron chi connectivity index (χ1n) is 6.50. The summed E-state index contributed by atoms with van der Waals surface area (Å²) < 4.78 is 10.9. The maximum absolute atomic E-state index is 9.76. The van der Waals surface area contributed by atoms with E-state index in [1.165, 1.54) is 5.56 Å². The van der Waals surface area contributed by atoms with Gasteiger partial charge in [0.05, 0.1) is 17.4 Å². The zero-order valence-corrected chi connectivity index (χ0v) is 11.1. The summed E-state index contributed by atoms with van der Waals surface area (Å²) in [7, 11) is 0. The van der Waals surface area contributed by atoms with Gasteiger partial charge in [0.25, 0.3) is 0 Å². The predicted octanol–water partition coefficient (Wildman–Crippen LogP) is 2.85. The Morgan fingerprint density at radius 2 is 2.26 bits per heavy atom. The fourth-order valence-corrected chi connectivity index (χ4v) is 2.52. The molecule has 0 amide bonds. The minimum atomic E-state index is -0.313. The van der Waals surface area contributed by atoms with Crippen LogP contribution in [0.15, 0.2) is 22.7 Å². The molecule has 0 saturated carbocycles. The molecule has 1 atom stereocenters. The Balaban J connectivity index is 1.75. The number of hydrogen-bond donors (Lipinski definition) is 1. The van der Waals surface area contributed by atoms with Crippen LogP contribution in [0.5, 0.6) is 5.75 Å². The third-order valence-corrected chi connectivity index (χ3v) is 3.72. The van der Waals surface area contributed by atoms with Gasteiger partial charge in [-0.1, -0.05) is 11.2 Å². The zero-order valence-electron chi connectivity index (χ0n) is 11.1. The number of aliphatic hydroxyl groups is 1. The fourth-order valence-electron chi connectivity index (χ4n) is 2.52. The van der Waals surface area contributed by atoms with Gasteiger partial charge in [-0.3, -0.25) is 0 Å². The number of aliphatic hydroxyl groups excluding tert-OH is 1. The Hall–Kier alpha value is -1.81. The second kappa shape index (κ2) is 4.70. The Morgan fingerprint density at radius 1 is 1.42 bits per heavy atom. The topological polar surface area (TPSA) is 55.5 Å². The third kappa shape index (κ3) is 2.24. The van der Waals surface area contributed by atoms with Crippen molar-refractivity contribution in [2.75, 3.05) is 0 Å². The van der Waals surface area contributed by atoms with Gasteiger partial charge in [-0.05, 0) is 49.9 Å². The summed E-state index contributed by atoms with van der Waals surface area (Å²) in [5.74, 6) is 1.63. The molecule has 3 rings (SSSR count). The van der Waals surface area contributed by atoms with Gasteiger partial charge in [-0.2, -0.15) is 0 Å². The standard InChI is InChI=1S/C15H17NO3/c1-9-14(10(2)19-16-9)8-18-12-4-5-13-11(7-12)3-6-15(13)17/h4-5,7,15,17H,3,6,8H2,1-2H3. The van der Waals surface area contributed by atoms with Gasteiger partial charge in [0, 0.05) is 0 Å². The van der Waals surface area contributed by atoms with Crippen LogP contribution in [0.2, 0.25) is 0 Å². The number of nitrogens with zero attached hydrogens (tertiary/aromatic N) is 1. The average Bonchev–Trinajstić information content (AvgIpc) is 2.92. The van der Waals surface area contributed by atoms with Crippen LogP contribution in [0.4, 0.5) is 0 Å². The predicted molar refractivity (Wildman–Crippen MR) is 70.0 cm³/mol. The Labute approximate surface area is 112 Å². The molecule has 19 heavy (non-hydrogen) atoms. The van der Waals surface area contributed by atoms with Crippen molar-refractivity contribution in [1.82, 2.24) is 5.16 Å². The lowest BCUT2D eigenvalue weighted by Crippen LogP contribution is -1.98. The van der Waals surface area contributed by atoms with Crippen molar-refractivity contribution in [1.29, 1.82) is 0 Å². The van der Waals surface area contributed by atoms with Gasteiger partial charge >= 0.3 is 0 Å². The largest absolute Gasteiger partial charge is 0.489 e. The van der Waals surface area contributed by atoms with Gasteiger partial charge in [0.15, 0.2) is 0 Å². The van der Waals surface area contributed by atoms with Crippen LogP contribution in [-0.4, -0.2) is 10.3 Å². The molecule has 1 aliphatic rings. The molecule has 4 nitrogen and oxygen atoms in total. The molecule has 2 aromatic rings. The molecule has 0 spiro atoms. The average molecular weight is 259 g/mol. The van der Waals surface area contributed by atoms with Crippen molar-refractivity contribution in [2.45, 2.75) is 39.4 Å². The van der Waals surface area contributed by atoms with Crippen LogP contribution >= 0.6 is 0 Å². The third-order valence-electron chi connectivity index (χ3n) is 3.72. The molecule has 0 fully saturated rings. The van der Waals surface area contributed by atoms with E-state index < -0.39 is 0 Å². The molecule has 1 aromatic heterocycles. The van der Waals surface area contributed by atoms with Gasteiger partial charge < -0.3 is 14.4 Å². The molecule has 0 bridgehead atoms. The van der Waals surface area contributed by atoms with Crippen LogP contribution in [0.1, 0.15) is 40.7 Å². The van der Waals surface area contributed by atoms with Crippen molar-refractivity contribution in [3.8, 4) is 5.75 Å². The van der Waals surface area contributed by atoms with Gasteiger partial charge in [0.2, 0.25) is 0 Å². The van der Waals surface area contributed by atoms with E-state index in [1.807, 2.05) is 32.0 Å². The summed E-state index contributed by atoms with van der Waals surface area (Å²) in [6, 6.07) is 5.88. The number of hydrogen-bond acceptors (Lipinski definition) is 4. The number of fused-ring (bicyclic) bond motifs is 1. The van der Waals surface area contributed by atoms with Crippen LogP contribution in [0.3, 0.4) is 0 Å². The second-order valence-corrected chi connectivity index (χ2v) is 5.01. The first-order valence-corrected chi connectivity index (χ1v) is 6.50. The molecule has 0 saturated heterocycles. The fraction of sp³-hybridized carbons (Fsp3) is 0.400. The van der Waals surface area contributed by atoms with E-state index in [1.54, 1.807) is 0 Å². The maximum atomic E-state index is 9.76. The van der Waals surface area contributed by atoms with Crippen molar-refractivity contribution >= 4 is 0 Å². The maximum Gasteiger partial charge on any atom is 0.140 e. The van der Waals surface area contributed by atoms with Crippen LogP contribution in [-0.2, 0) is 13.0 Å². The summed E-state index contributed by atoms with van der Waals surface area (Å²) in [5, 5.41) is 13.7. The van der Waals surface area contributed by atoms with Gasteiger partial charge in [-0.25, -0.2) is 0 Å². The summed E-state index contributed by atoms with van der Waals surface area (Å²) in [4.78, 5) is 0. The molecular formula is C15H17NO3. The van der Waals surface area contributed by atoms with Crippen molar-refractivity contribution < 1.29 is 14.4 Å². The van der Waals surface area contributed by atoms with E-state index in [2.05, 4.69) is 5.16 Å². The minimum Gasteiger partial charge on any atom is -0.489 e. The zero-order chi connectivity index (χ0) is 13.4. The highest BCUT2D eigenvalue weighted by atomic mass is 16.5. The highest BCUT2D eigenvalue weighted by Gasteiger charge is 2.20. The van der Waals surface area contributed by atoms with Crippen molar-refractivity contribution in [3.05, 3.63) is 46.3 Å². The summed E-state index contributed by atoms with van der Waals surface area (Å²) in [5.41, 5.74) is 4.09. The molecule has 0 aliphatic heterocycles. The van der Waals surface area contributed by atoms with Gasteiger partial charge in [0.1, 0.15) is 18.1 Å². The minimum absolute atomic E-state index is 0.313. The first kappa shape index (κ1) is 12.2. The lowest BCUT2D eigenvalue weighted by Gasteiger charge is -2.09. The van der Waals surface area contributed by atoms with E-state index in [0.29, 0.717) is 6.61 Å². The SMILES string of the molecule is Cc1noc(C)c1COc1ccc2c(c1)CCC2O. The molecular weight excluding hydrogens is 242 g/mol. The van der Waals surface area contributed by atoms with Crippen LogP contribution in [0.25, 0.3) is 0 Å². The highest BCUT2D eigenvalue weighted by molar-refractivity contribution is 5.40. The van der Waals surface area contributed by atoms with E-state index >= 15 is 0 Å². The molecule has 1 N–H and O–H groups in total. The molecule has 4 heteroatoms. The quantitative estimate of drug-likeness (QED) is 0.920. The molecule has 0 radical (unpaired) electrons. The number of benzene rings is 1.